The van der Waals surface area contributed by atoms with Gasteiger partial charge in [-0.15, -0.1) is 0 Å². The Hall–Kier alpha value is -1.85. The Morgan fingerprint density at radius 2 is 2.36 bits per heavy atom. The molecule has 1 aromatic heterocycles. The average molecular weight is 196 g/mol. The monoisotopic (exact) mass is 196 g/mol. The quantitative estimate of drug-likeness (QED) is 0.412. The number of aryl methyl sites for hydroxylation is 1. The number of ether oxygens (including phenoxy) is 1. The van der Waals surface area contributed by atoms with E-state index in [9.17, 15) is 4.79 Å². The van der Waals surface area contributed by atoms with Crippen molar-refractivity contribution >= 4 is 17.5 Å². The number of rotatable bonds is 2. The lowest BCUT2D eigenvalue weighted by molar-refractivity contribution is 0.0589. The van der Waals surface area contributed by atoms with Crippen LogP contribution in [-0.2, 0) is 11.8 Å². The van der Waals surface area contributed by atoms with Crippen LogP contribution in [0, 0.1) is 5.41 Å². The van der Waals surface area contributed by atoms with Gasteiger partial charge in [0.15, 0.2) is 5.69 Å². The van der Waals surface area contributed by atoms with Crippen LogP contribution >= 0.6 is 0 Å². The number of hydrogen-bond donors (Lipinski definition) is 2. The van der Waals surface area contributed by atoms with Crippen molar-refractivity contribution in [2.75, 3.05) is 12.4 Å². The number of aromatic nitrogens is 2. The maximum atomic E-state index is 11.3. The van der Waals surface area contributed by atoms with Crippen LogP contribution in [0.2, 0.25) is 0 Å². The molecule has 0 saturated heterocycles. The normalized spacial score (nSPS) is 9.64. The van der Waals surface area contributed by atoms with Gasteiger partial charge in [-0.3, -0.25) is 10.1 Å². The first-order valence-corrected chi connectivity index (χ1v) is 3.98. The molecule has 0 bridgehead atoms. The van der Waals surface area contributed by atoms with E-state index in [4.69, 9.17) is 5.41 Å². The summed E-state index contributed by atoms with van der Waals surface area (Å²) < 4.78 is 5.99. The Kier molecular flexibility index (Phi) is 2.85. The summed E-state index contributed by atoms with van der Waals surface area (Å²) in [6.45, 7) is 1.58. The molecule has 0 radical (unpaired) electrons. The van der Waals surface area contributed by atoms with Crippen molar-refractivity contribution in [1.82, 2.24) is 9.78 Å². The third kappa shape index (κ3) is 1.90. The third-order valence-corrected chi connectivity index (χ3v) is 1.64. The highest BCUT2D eigenvalue weighted by Crippen LogP contribution is 2.14. The fraction of sp³-hybridized carbons (Fsp3) is 0.375. The summed E-state index contributed by atoms with van der Waals surface area (Å²) in [6, 6.07) is 0. The predicted octanol–water partition coefficient (Wildman–Crippen LogP) is 0.616. The van der Waals surface area contributed by atoms with Gasteiger partial charge in [0.05, 0.1) is 24.8 Å². The highest BCUT2D eigenvalue weighted by atomic mass is 16.5. The summed E-state index contributed by atoms with van der Waals surface area (Å²) in [4.78, 5) is 11.3. The molecule has 0 spiro atoms. The van der Waals surface area contributed by atoms with Crippen LogP contribution in [0.25, 0.3) is 0 Å². The molecule has 1 heterocycles. The predicted molar refractivity (Wildman–Crippen MR) is 51.6 cm³/mol. The first kappa shape index (κ1) is 10.2. The second kappa shape index (κ2) is 3.91. The van der Waals surface area contributed by atoms with Crippen molar-refractivity contribution in [1.29, 1.82) is 5.41 Å². The average Bonchev–Trinajstić information content (AvgIpc) is 2.45. The summed E-state index contributed by atoms with van der Waals surface area (Å²) >= 11 is 0. The van der Waals surface area contributed by atoms with Crippen molar-refractivity contribution < 1.29 is 9.53 Å². The summed E-state index contributed by atoms with van der Waals surface area (Å²) in [5.74, 6) is -0.239. The van der Waals surface area contributed by atoms with Gasteiger partial charge < -0.3 is 10.1 Å². The Morgan fingerprint density at radius 3 is 2.86 bits per heavy atom. The zero-order valence-corrected chi connectivity index (χ0v) is 8.29. The Labute approximate surface area is 81.4 Å². The number of nitrogens with one attached hydrogen (secondary N) is 2. The number of amidine groups is 1. The number of methoxy groups -OCH3 is 1. The summed E-state index contributed by atoms with van der Waals surface area (Å²) in [7, 11) is 2.94. The molecule has 0 atom stereocenters. The molecule has 2 N–H and O–H groups in total. The Balaban J connectivity index is 3.05. The highest BCUT2D eigenvalue weighted by Gasteiger charge is 2.17. The van der Waals surface area contributed by atoms with Gasteiger partial charge in [-0.25, -0.2) is 4.79 Å². The van der Waals surface area contributed by atoms with Crippen molar-refractivity contribution in [3.63, 3.8) is 0 Å². The van der Waals surface area contributed by atoms with Crippen LogP contribution in [0.4, 0.5) is 5.69 Å². The van der Waals surface area contributed by atoms with E-state index in [0.29, 0.717) is 11.4 Å². The molecule has 1 aromatic rings. The molecule has 0 amide bonds. The van der Waals surface area contributed by atoms with Crippen molar-refractivity contribution in [3.05, 3.63) is 11.9 Å². The van der Waals surface area contributed by atoms with E-state index < -0.39 is 5.97 Å². The molecule has 1 rings (SSSR count). The van der Waals surface area contributed by atoms with Gasteiger partial charge in [0.2, 0.25) is 0 Å². The van der Waals surface area contributed by atoms with Gasteiger partial charge in [0, 0.05) is 7.05 Å². The Morgan fingerprint density at radius 1 is 1.71 bits per heavy atom. The van der Waals surface area contributed by atoms with Crippen LogP contribution < -0.4 is 5.32 Å². The summed E-state index contributed by atoms with van der Waals surface area (Å²) in [6.07, 6.45) is 1.48. The van der Waals surface area contributed by atoms with Crippen LogP contribution in [0.5, 0.6) is 0 Å². The smallest absolute Gasteiger partial charge is 0.358 e. The summed E-state index contributed by atoms with van der Waals surface area (Å²) in [5, 5.41) is 13.8. The minimum absolute atomic E-state index is 0.239. The van der Waals surface area contributed by atoms with Gasteiger partial charge in [0.25, 0.3) is 0 Å². The van der Waals surface area contributed by atoms with Crippen LogP contribution in [0.3, 0.4) is 0 Å². The minimum atomic E-state index is -0.478. The Bertz CT molecular complexity index is 369. The molecule has 6 nitrogen and oxygen atoms in total. The van der Waals surface area contributed by atoms with Gasteiger partial charge in [-0.2, -0.15) is 5.10 Å². The van der Waals surface area contributed by atoms with Crippen LogP contribution in [-0.4, -0.2) is 28.7 Å². The standard InChI is InChI=1S/C8H12N4O2/c1-5(9)11-6-4-10-12(2)7(6)8(13)14-3/h4H,1-3H3,(H2,9,11). The molecule has 0 saturated carbocycles. The van der Waals surface area contributed by atoms with Crippen LogP contribution in [0.1, 0.15) is 17.4 Å². The number of hydrogen-bond acceptors (Lipinski definition) is 4. The van der Waals surface area contributed by atoms with E-state index in [-0.39, 0.29) is 5.84 Å². The first-order chi connectivity index (χ1) is 6.56. The molecular formula is C8H12N4O2. The lowest BCUT2D eigenvalue weighted by Crippen LogP contribution is -2.13. The second-order valence-electron chi connectivity index (χ2n) is 2.77. The molecule has 0 unspecified atom stereocenters. The number of nitrogens with zero attached hydrogens (tertiary/aromatic N) is 2. The number of esters is 1. The molecule has 14 heavy (non-hydrogen) atoms. The van der Waals surface area contributed by atoms with E-state index in [1.54, 1.807) is 14.0 Å². The molecule has 76 valence electrons. The van der Waals surface area contributed by atoms with E-state index in [1.807, 2.05) is 0 Å². The van der Waals surface area contributed by atoms with E-state index in [2.05, 4.69) is 15.2 Å². The fourth-order valence-corrected chi connectivity index (χ4v) is 1.07. The molecule has 0 aliphatic carbocycles. The number of anilines is 1. The molecule has 0 aliphatic rings. The minimum Gasteiger partial charge on any atom is -0.464 e. The van der Waals surface area contributed by atoms with Crippen molar-refractivity contribution in [2.45, 2.75) is 6.92 Å². The topological polar surface area (TPSA) is 80.0 Å². The van der Waals surface area contributed by atoms with Gasteiger partial charge in [-0.1, -0.05) is 0 Å². The molecule has 0 fully saturated rings. The lowest BCUT2D eigenvalue weighted by atomic mass is 10.3. The maximum absolute atomic E-state index is 11.3. The summed E-state index contributed by atoms with van der Waals surface area (Å²) in [5.41, 5.74) is 0.783. The molecule has 0 aromatic carbocycles. The first-order valence-electron chi connectivity index (χ1n) is 3.98. The van der Waals surface area contributed by atoms with Crippen molar-refractivity contribution in [3.8, 4) is 0 Å². The van der Waals surface area contributed by atoms with E-state index in [0.717, 1.165) is 0 Å². The van der Waals surface area contributed by atoms with Gasteiger partial charge >= 0.3 is 5.97 Å². The third-order valence-electron chi connectivity index (χ3n) is 1.64. The van der Waals surface area contributed by atoms with Crippen molar-refractivity contribution in [2.24, 2.45) is 7.05 Å². The van der Waals surface area contributed by atoms with Gasteiger partial charge in [0.1, 0.15) is 0 Å². The zero-order chi connectivity index (χ0) is 10.7. The fourth-order valence-electron chi connectivity index (χ4n) is 1.07. The van der Waals surface area contributed by atoms with Gasteiger partial charge in [-0.05, 0) is 6.92 Å². The molecule has 6 heteroatoms. The number of carbonyl (C=O) groups excluding carboxylic acids is 1. The van der Waals surface area contributed by atoms with Crippen LogP contribution in [0.15, 0.2) is 6.20 Å². The molecular weight excluding hydrogens is 184 g/mol. The van der Waals surface area contributed by atoms with E-state index >= 15 is 0 Å². The zero-order valence-electron chi connectivity index (χ0n) is 8.29. The SMILES string of the molecule is COC(=O)c1c(NC(C)=N)cnn1C. The lowest BCUT2D eigenvalue weighted by Gasteiger charge is -2.04. The number of carbonyl (C=O) groups is 1. The molecule has 0 aliphatic heterocycles. The largest absolute Gasteiger partial charge is 0.464 e. The highest BCUT2D eigenvalue weighted by molar-refractivity contribution is 5.99. The second-order valence-corrected chi connectivity index (χ2v) is 2.77. The van der Waals surface area contributed by atoms with E-state index in [1.165, 1.54) is 18.0 Å². The maximum Gasteiger partial charge on any atom is 0.358 e.